The van der Waals surface area contributed by atoms with Gasteiger partial charge in [-0.2, -0.15) is 0 Å². The van der Waals surface area contributed by atoms with Crippen LogP contribution in [0.1, 0.15) is 45.1 Å². The van der Waals surface area contributed by atoms with Crippen molar-refractivity contribution < 1.29 is 4.74 Å². The SMILES string of the molecule is C1=C(c2ccccc2-c2ccccc2)NC(c2cccc(-c3ccc4c(c3)C3(c5ccccc5O4)c4ccccc4-c4ccccc43)c2)N=C1c1ccccc1. The van der Waals surface area contributed by atoms with Crippen LogP contribution in [0.5, 0.6) is 11.5 Å². The molecule has 0 fully saturated rings. The maximum absolute atomic E-state index is 6.72. The number of fused-ring (bicyclic) bond motifs is 9. The first-order valence-electron chi connectivity index (χ1n) is 19.2. The van der Waals surface area contributed by atoms with E-state index in [1.165, 1.54) is 38.9 Å². The molecule has 8 aromatic rings. The van der Waals surface area contributed by atoms with Crippen LogP contribution in [0.25, 0.3) is 39.1 Å². The lowest BCUT2D eigenvalue weighted by atomic mass is 9.66. The molecule has 0 saturated heterocycles. The first-order valence-corrected chi connectivity index (χ1v) is 19.2. The van der Waals surface area contributed by atoms with Gasteiger partial charge in [-0.15, -0.1) is 0 Å². The van der Waals surface area contributed by atoms with Gasteiger partial charge in [0.2, 0.25) is 0 Å². The minimum Gasteiger partial charge on any atom is -0.457 e. The van der Waals surface area contributed by atoms with Gasteiger partial charge in [0, 0.05) is 22.4 Å². The molecule has 1 atom stereocenters. The van der Waals surface area contributed by atoms with Gasteiger partial charge in [-0.25, -0.2) is 0 Å². The third-order valence-corrected chi connectivity index (χ3v) is 11.6. The van der Waals surface area contributed by atoms with E-state index < -0.39 is 5.41 Å². The number of hydrogen-bond donors (Lipinski definition) is 1. The number of allylic oxidation sites excluding steroid dienone is 1. The van der Waals surface area contributed by atoms with Gasteiger partial charge >= 0.3 is 0 Å². The smallest absolute Gasteiger partial charge is 0.145 e. The van der Waals surface area contributed by atoms with Crippen LogP contribution in [0.2, 0.25) is 0 Å². The van der Waals surface area contributed by atoms with Crippen molar-refractivity contribution in [2.75, 3.05) is 0 Å². The predicted octanol–water partition coefficient (Wildman–Crippen LogP) is 12.6. The summed E-state index contributed by atoms with van der Waals surface area (Å²) in [6.07, 6.45) is 1.89. The van der Waals surface area contributed by atoms with Crippen LogP contribution in [0.4, 0.5) is 0 Å². The standard InChI is InChI=1S/C53H36N2O/c1-3-16-35(17-4-1)40-22-7-8-25-43(40)49-34-48(36-18-5-2-6-19-36)54-52(55-49)39-21-15-20-37(32-39)38-30-31-51-47(33-38)53(46-28-13-14-29-50(46)56-51)44-26-11-9-23-41(44)42-24-10-12-27-45(42)53/h1-34,52,55H. The van der Waals surface area contributed by atoms with Gasteiger partial charge in [0.05, 0.1) is 11.1 Å². The normalized spacial score (nSPS) is 15.6. The average Bonchev–Trinajstić information content (AvgIpc) is 3.57. The Hall–Kier alpha value is -7.23. The monoisotopic (exact) mass is 716 g/mol. The lowest BCUT2D eigenvalue weighted by molar-refractivity contribution is 0.436. The fourth-order valence-corrected chi connectivity index (χ4v) is 9.13. The fraction of sp³-hybridized carbons (Fsp3) is 0.0377. The Morgan fingerprint density at radius 1 is 0.411 bits per heavy atom. The molecule has 3 heteroatoms. The van der Waals surface area contributed by atoms with Crippen LogP contribution in [0, 0.1) is 0 Å². The van der Waals surface area contributed by atoms with Crippen LogP contribution in [0.3, 0.4) is 0 Å². The van der Waals surface area contributed by atoms with E-state index in [2.05, 4.69) is 212 Å². The molecule has 264 valence electrons. The second-order valence-electron chi connectivity index (χ2n) is 14.7. The van der Waals surface area contributed by atoms with Crippen molar-refractivity contribution in [2.24, 2.45) is 4.99 Å². The maximum Gasteiger partial charge on any atom is 0.145 e. The Kier molecular flexibility index (Phi) is 7.46. The first kappa shape index (κ1) is 32.2. The van der Waals surface area contributed by atoms with Gasteiger partial charge in [0.25, 0.3) is 0 Å². The van der Waals surface area contributed by atoms with Crippen LogP contribution >= 0.6 is 0 Å². The molecule has 3 nitrogen and oxygen atoms in total. The minimum absolute atomic E-state index is 0.304. The summed E-state index contributed by atoms with van der Waals surface area (Å²) in [4.78, 5) is 5.35. The number of hydrogen-bond acceptors (Lipinski definition) is 3. The lowest BCUT2D eigenvalue weighted by Crippen LogP contribution is -2.32. The molecular formula is C53H36N2O. The molecule has 0 amide bonds. The second-order valence-corrected chi connectivity index (χ2v) is 14.7. The summed E-state index contributed by atoms with van der Waals surface area (Å²) in [5, 5.41) is 3.85. The molecule has 0 radical (unpaired) electrons. The van der Waals surface area contributed by atoms with E-state index in [-0.39, 0.29) is 6.17 Å². The highest BCUT2D eigenvalue weighted by Crippen LogP contribution is 2.62. The molecule has 0 aromatic heterocycles. The highest BCUT2D eigenvalue weighted by Gasteiger charge is 2.51. The maximum atomic E-state index is 6.72. The van der Waals surface area contributed by atoms with E-state index in [1.54, 1.807) is 0 Å². The number of rotatable bonds is 5. The van der Waals surface area contributed by atoms with Gasteiger partial charge in [-0.3, -0.25) is 4.99 Å². The van der Waals surface area contributed by atoms with Crippen molar-refractivity contribution >= 4 is 11.4 Å². The number of benzene rings is 8. The Labute approximate surface area is 327 Å². The summed E-state index contributed by atoms with van der Waals surface area (Å²) < 4.78 is 6.72. The Bertz CT molecular complexity index is 2830. The molecule has 2 aliphatic heterocycles. The summed E-state index contributed by atoms with van der Waals surface area (Å²) >= 11 is 0. The molecule has 56 heavy (non-hydrogen) atoms. The fourth-order valence-electron chi connectivity index (χ4n) is 9.13. The van der Waals surface area contributed by atoms with Gasteiger partial charge < -0.3 is 10.1 Å². The number of aliphatic imine (C=N–C) groups is 1. The van der Waals surface area contributed by atoms with Crippen molar-refractivity contribution in [1.82, 2.24) is 5.32 Å². The second kappa shape index (κ2) is 13.0. The van der Waals surface area contributed by atoms with Crippen molar-refractivity contribution in [3.05, 3.63) is 245 Å². The number of nitrogens with one attached hydrogen (secondary N) is 1. The molecule has 11 rings (SSSR count). The zero-order chi connectivity index (χ0) is 37.1. The molecule has 2 heterocycles. The van der Waals surface area contributed by atoms with Gasteiger partial charge in [-0.1, -0.05) is 176 Å². The van der Waals surface area contributed by atoms with E-state index in [9.17, 15) is 0 Å². The van der Waals surface area contributed by atoms with Gasteiger partial charge in [0.1, 0.15) is 17.7 Å². The molecule has 3 aliphatic rings. The molecule has 1 N–H and O–H groups in total. The summed E-state index contributed by atoms with van der Waals surface area (Å²) in [6, 6.07) is 71.5. The topological polar surface area (TPSA) is 33.6 Å². The molecule has 8 aromatic carbocycles. The molecular weight excluding hydrogens is 681 g/mol. The van der Waals surface area contributed by atoms with Crippen molar-refractivity contribution in [1.29, 1.82) is 0 Å². The molecule has 0 bridgehead atoms. The van der Waals surface area contributed by atoms with E-state index >= 15 is 0 Å². The zero-order valence-electron chi connectivity index (χ0n) is 30.6. The summed E-state index contributed by atoms with van der Waals surface area (Å²) in [5.41, 5.74) is 16.8. The number of ether oxygens (including phenoxy) is 1. The molecule has 1 aliphatic carbocycles. The molecule has 1 spiro atoms. The molecule has 0 saturated carbocycles. The van der Waals surface area contributed by atoms with Crippen molar-refractivity contribution in [3.63, 3.8) is 0 Å². The lowest BCUT2D eigenvalue weighted by Gasteiger charge is -2.39. The number of para-hydroxylation sites is 1. The number of nitrogens with zero attached hydrogens (tertiary/aromatic N) is 1. The largest absolute Gasteiger partial charge is 0.457 e. The van der Waals surface area contributed by atoms with E-state index in [1.807, 2.05) is 0 Å². The van der Waals surface area contributed by atoms with Crippen LogP contribution in [-0.4, -0.2) is 5.71 Å². The summed E-state index contributed by atoms with van der Waals surface area (Å²) in [6.45, 7) is 0. The highest BCUT2D eigenvalue weighted by atomic mass is 16.5. The zero-order valence-corrected chi connectivity index (χ0v) is 30.6. The predicted molar refractivity (Wildman–Crippen MR) is 228 cm³/mol. The highest BCUT2D eigenvalue weighted by molar-refractivity contribution is 6.13. The first-order chi connectivity index (χ1) is 27.8. The van der Waals surface area contributed by atoms with Crippen LogP contribution in [-0.2, 0) is 5.41 Å². The Morgan fingerprint density at radius 2 is 0.964 bits per heavy atom. The summed E-state index contributed by atoms with van der Waals surface area (Å²) in [7, 11) is 0. The van der Waals surface area contributed by atoms with Gasteiger partial charge in [0.15, 0.2) is 0 Å². The van der Waals surface area contributed by atoms with E-state index in [0.29, 0.717) is 0 Å². The Morgan fingerprint density at radius 3 is 1.70 bits per heavy atom. The third-order valence-electron chi connectivity index (χ3n) is 11.6. The van der Waals surface area contributed by atoms with E-state index in [0.717, 1.165) is 56.3 Å². The third kappa shape index (κ3) is 5.02. The van der Waals surface area contributed by atoms with E-state index in [4.69, 9.17) is 9.73 Å². The van der Waals surface area contributed by atoms with Crippen LogP contribution in [0.15, 0.2) is 211 Å². The quantitative estimate of drug-likeness (QED) is 0.192. The van der Waals surface area contributed by atoms with Gasteiger partial charge in [-0.05, 0) is 86.0 Å². The molecule has 1 unspecified atom stereocenters. The minimum atomic E-state index is -0.517. The van der Waals surface area contributed by atoms with Crippen molar-refractivity contribution in [2.45, 2.75) is 11.6 Å². The Balaban J connectivity index is 1.04. The van der Waals surface area contributed by atoms with Crippen LogP contribution < -0.4 is 10.1 Å². The van der Waals surface area contributed by atoms with Crippen molar-refractivity contribution in [3.8, 4) is 44.9 Å². The summed E-state index contributed by atoms with van der Waals surface area (Å²) in [5.74, 6) is 1.78. The average molecular weight is 717 g/mol.